The van der Waals surface area contributed by atoms with E-state index in [1.165, 1.54) is 0 Å². The lowest BCUT2D eigenvalue weighted by molar-refractivity contribution is 0.231. The van der Waals surface area contributed by atoms with Crippen molar-refractivity contribution in [3.05, 3.63) is 11.5 Å². The molecule has 0 amide bonds. The number of hydrogen-bond donors (Lipinski definition) is 1. The van der Waals surface area contributed by atoms with Gasteiger partial charge in [0.1, 0.15) is 0 Å². The molecule has 18 heavy (non-hydrogen) atoms. The highest BCUT2D eigenvalue weighted by molar-refractivity contribution is 5.62. The van der Waals surface area contributed by atoms with Crippen molar-refractivity contribution < 1.29 is 13.2 Å². The third-order valence-electron chi connectivity index (χ3n) is 2.83. The number of aliphatic imine (C=N–C) groups is 2. The Hall–Kier alpha value is -1.33. The minimum Gasteiger partial charge on any atom is -0.366 e. The van der Waals surface area contributed by atoms with Crippen LogP contribution in [0.25, 0.3) is 0 Å². The first-order chi connectivity index (χ1) is 8.67. The average Bonchev–Trinajstić information content (AvgIpc) is 2.82. The molecule has 0 aliphatic heterocycles. The summed E-state index contributed by atoms with van der Waals surface area (Å²) in [5.41, 5.74) is 0.344. The van der Waals surface area contributed by atoms with Gasteiger partial charge in [-0.1, -0.05) is 19.8 Å². The van der Waals surface area contributed by atoms with E-state index in [9.17, 15) is 13.2 Å². The van der Waals surface area contributed by atoms with Gasteiger partial charge in [-0.25, -0.2) is 13.8 Å². The van der Waals surface area contributed by atoms with E-state index >= 15 is 0 Å². The van der Waals surface area contributed by atoms with Gasteiger partial charge in [0.2, 0.25) is 0 Å². The fourth-order valence-corrected chi connectivity index (χ4v) is 1.97. The molecular weight excluding hydrogens is 243 g/mol. The van der Waals surface area contributed by atoms with Crippen LogP contribution >= 0.6 is 0 Å². The Kier molecular flexibility index (Phi) is 6.46. The predicted octanol–water partition coefficient (Wildman–Crippen LogP) is 3.43. The van der Waals surface area contributed by atoms with Gasteiger partial charge < -0.3 is 5.32 Å². The summed E-state index contributed by atoms with van der Waals surface area (Å²) in [6, 6.07) is 0.229. The van der Waals surface area contributed by atoms with Crippen LogP contribution in [0.15, 0.2) is 21.5 Å². The Morgan fingerprint density at radius 1 is 1.33 bits per heavy atom. The summed E-state index contributed by atoms with van der Waals surface area (Å²) in [5, 5.41) is 3.07. The second-order valence-corrected chi connectivity index (χ2v) is 4.11. The second kappa shape index (κ2) is 7.89. The molecule has 0 atom stereocenters. The molecule has 3 nitrogen and oxygen atoms in total. The number of allylic oxidation sites excluding steroid dienone is 1. The van der Waals surface area contributed by atoms with Crippen molar-refractivity contribution in [1.29, 1.82) is 0 Å². The van der Waals surface area contributed by atoms with Crippen molar-refractivity contribution >= 4 is 12.7 Å². The lowest BCUT2D eigenvalue weighted by atomic mass is 10.2. The van der Waals surface area contributed by atoms with Crippen molar-refractivity contribution in [2.75, 3.05) is 0 Å². The SMILES string of the molecule is CC/C(N=CC(F)F)=C(/N=CF)NC1CCCC1. The van der Waals surface area contributed by atoms with Crippen molar-refractivity contribution in [1.82, 2.24) is 5.32 Å². The first-order valence-electron chi connectivity index (χ1n) is 6.12. The predicted molar refractivity (Wildman–Crippen MR) is 66.8 cm³/mol. The van der Waals surface area contributed by atoms with Crippen molar-refractivity contribution in [2.45, 2.75) is 51.5 Å². The molecule has 0 heterocycles. The quantitative estimate of drug-likeness (QED) is 0.731. The van der Waals surface area contributed by atoms with Gasteiger partial charge in [0.05, 0.1) is 11.9 Å². The molecule has 6 heteroatoms. The number of nitrogens with one attached hydrogen (secondary N) is 1. The fourth-order valence-electron chi connectivity index (χ4n) is 1.97. The third-order valence-corrected chi connectivity index (χ3v) is 2.83. The molecule has 0 spiro atoms. The minimum atomic E-state index is -2.62. The number of nitrogens with zero attached hydrogens (tertiary/aromatic N) is 2. The van der Waals surface area contributed by atoms with Gasteiger partial charge in [-0.3, -0.25) is 4.99 Å². The van der Waals surface area contributed by atoms with E-state index in [1.807, 2.05) is 0 Å². The van der Waals surface area contributed by atoms with Crippen LogP contribution in [0.4, 0.5) is 13.2 Å². The molecule has 1 saturated carbocycles. The van der Waals surface area contributed by atoms with Gasteiger partial charge in [-0.05, 0) is 19.3 Å². The highest BCUT2D eigenvalue weighted by atomic mass is 19.3. The van der Waals surface area contributed by atoms with Crippen LogP contribution in [0.3, 0.4) is 0 Å². The standard InChI is InChI=1S/C12H18F3N3/c1-2-10(16-7-11(14)15)12(17-8-13)18-9-5-3-4-6-9/h7-9,11,18H,2-6H2,1H3/b12-10+,16-7?,17-8?. The third kappa shape index (κ3) is 4.89. The van der Waals surface area contributed by atoms with Crippen LogP contribution in [-0.4, -0.2) is 25.2 Å². The molecule has 1 aliphatic rings. The van der Waals surface area contributed by atoms with Gasteiger partial charge in [-0.15, -0.1) is 0 Å². The monoisotopic (exact) mass is 261 g/mol. The van der Waals surface area contributed by atoms with E-state index in [0.29, 0.717) is 18.3 Å². The lowest BCUT2D eigenvalue weighted by Gasteiger charge is -2.15. The highest BCUT2D eigenvalue weighted by Gasteiger charge is 2.16. The van der Waals surface area contributed by atoms with Crippen LogP contribution < -0.4 is 5.32 Å². The van der Waals surface area contributed by atoms with Crippen molar-refractivity contribution in [3.8, 4) is 0 Å². The first kappa shape index (κ1) is 14.7. The molecule has 0 unspecified atom stereocenters. The van der Waals surface area contributed by atoms with Crippen LogP contribution in [0.1, 0.15) is 39.0 Å². The molecule has 0 saturated heterocycles. The van der Waals surface area contributed by atoms with Gasteiger partial charge in [0.25, 0.3) is 6.43 Å². The summed E-state index contributed by atoms with van der Waals surface area (Å²) >= 11 is 0. The molecule has 0 radical (unpaired) electrons. The van der Waals surface area contributed by atoms with E-state index in [2.05, 4.69) is 15.3 Å². The zero-order valence-electron chi connectivity index (χ0n) is 10.4. The molecule has 1 N–H and O–H groups in total. The summed E-state index contributed by atoms with van der Waals surface area (Å²) in [4.78, 5) is 7.22. The molecule has 0 bridgehead atoms. The lowest BCUT2D eigenvalue weighted by Crippen LogP contribution is -2.25. The molecular formula is C12H18F3N3. The summed E-state index contributed by atoms with van der Waals surface area (Å²) in [5.74, 6) is 0.254. The topological polar surface area (TPSA) is 36.8 Å². The van der Waals surface area contributed by atoms with Crippen LogP contribution in [0.2, 0.25) is 0 Å². The highest BCUT2D eigenvalue weighted by Crippen LogP contribution is 2.20. The normalized spacial score (nSPS) is 19.2. The van der Waals surface area contributed by atoms with Crippen LogP contribution in [-0.2, 0) is 0 Å². The maximum atomic E-state index is 12.2. The Morgan fingerprint density at radius 3 is 2.50 bits per heavy atom. The van der Waals surface area contributed by atoms with Gasteiger partial charge in [-0.2, -0.15) is 4.39 Å². The molecule has 0 aromatic heterocycles. The number of halogens is 3. The van der Waals surface area contributed by atoms with Crippen LogP contribution in [0.5, 0.6) is 0 Å². The Morgan fingerprint density at radius 2 is 2.00 bits per heavy atom. The van der Waals surface area contributed by atoms with E-state index in [0.717, 1.165) is 25.7 Å². The Bertz CT molecular complexity index is 331. The number of alkyl halides is 2. The minimum absolute atomic E-state index is 0.158. The Balaban J connectivity index is 2.82. The number of rotatable bonds is 6. The first-order valence-corrected chi connectivity index (χ1v) is 6.12. The van der Waals surface area contributed by atoms with Crippen molar-refractivity contribution in [3.63, 3.8) is 0 Å². The number of hydrogen-bond acceptors (Lipinski definition) is 3. The largest absolute Gasteiger partial charge is 0.366 e. The van der Waals surface area contributed by atoms with Gasteiger partial charge in [0, 0.05) is 6.04 Å². The summed E-state index contributed by atoms with van der Waals surface area (Å²) in [6.07, 6.45) is 2.55. The smallest absolute Gasteiger partial charge is 0.273 e. The van der Waals surface area contributed by atoms with E-state index in [-0.39, 0.29) is 18.3 Å². The molecule has 102 valence electrons. The fraction of sp³-hybridized carbons (Fsp3) is 0.667. The molecule has 0 aromatic carbocycles. The summed E-state index contributed by atoms with van der Waals surface area (Å²) < 4.78 is 36.4. The molecule has 1 aliphatic carbocycles. The zero-order chi connectivity index (χ0) is 13.4. The molecule has 1 rings (SSSR count). The van der Waals surface area contributed by atoms with Crippen molar-refractivity contribution in [2.24, 2.45) is 9.98 Å². The molecule has 0 aromatic rings. The Labute approximate surface area is 105 Å². The summed E-state index contributed by atoms with van der Waals surface area (Å²) in [6.45, 7) is 1.92. The van der Waals surface area contributed by atoms with E-state index in [4.69, 9.17) is 0 Å². The zero-order valence-corrected chi connectivity index (χ0v) is 10.4. The van der Waals surface area contributed by atoms with Crippen LogP contribution in [0, 0.1) is 0 Å². The maximum Gasteiger partial charge on any atom is 0.273 e. The van der Waals surface area contributed by atoms with Gasteiger partial charge in [0.15, 0.2) is 12.3 Å². The molecule has 1 fully saturated rings. The maximum absolute atomic E-state index is 12.2. The average molecular weight is 261 g/mol. The summed E-state index contributed by atoms with van der Waals surface area (Å²) in [7, 11) is 0. The second-order valence-electron chi connectivity index (χ2n) is 4.11. The van der Waals surface area contributed by atoms with E-state index < -0.39 is 6.43 Å². The van der Waals surface area contributed by atoms with Gasteiger partial charge >= 0.3 is 0 Å². The van der Waals surface area contributed by atoms with E-state index in [1.54, 1.807) is 6.92 Å².